The van der Waals surface area contributed by atoms with Crippen LogP contribution in [0.3, 0.4) is 0 Å². The van der Waals surface area contributed by atoms with Crippen LogP contribution in [0.4, 0.5) is 0 Å². The lowest BCUT2D eigenvalue weighted by molar-refractivity contribution is -0.143. The minimum absolute atomic E-state index is 0.216. The molecule has 2 atom stereocenters. The number of halogens is 1. The van der Waals surface area contributed by atoms with Crippen LogP contribution in [-0.4, -0.2) is 49.3 Å². The zero-order valence-electron chi connectivity index (χ0n) is 12.2. The van der Waals surface area contributed by atoms with Crippen LogP contribution >= 0.6 is 15.9 Å². The minimum Gasteiger partial charge on any atom is -0.480 e. The molecular formula is C14H19BrN2O4S. The first-order chi connectivity index (χ1) is 10.4. The van der Waals surface area contributed by atoms with Gasteiger partial charge in [-0.25, -0.2) is 13.1 Å². The highest BCUT2D eigenvalue weighted by atomic mass is 79.9. The molecule has 6 nitrogen and oxygen atoms in total. The molecule has 0 saturated carbocycles. The number of carboxylic acid groups (broad SMARTS) is 1. The molecule has 2 rings (SSSR count). The summed E-state index contributed by atoms with van der Waals surface area (Å²) in [6.45, 7) is 2.72. The number of nitrogens with zero attached hydrogens (tertiary/aromatic N) is 1. The molecule has 1 heterocycles. The second kappa shape index (κ2) is 7.08. The monoisotopic (exact) mass is 390 g/mol. The molecule has 1 aliphatic rings. The predicted molar refractivity (Wildman–Crippen MR) is 87.1 cm³/mol. The summed E-state index contributed by atoms with van der Waals surface area (Å²) in [7, 11) is -3.39. The van der Waals surface area contributed by atoms with Gasteiger partial charge in [0.1, 0.15) is 6.04 Å². The van der Waals surface area contributed by atoms with E-state index in [0.29, 0.717) is 29.5 Å². The largest absolute Gasteiger partial charge is 0.480 e. The Morgan fingerprint density at radius 1 is 1.50 bits per heavy atom. The average molecular weight is 391 g/mol. The number of carboxylic acids is 1. The highest BCUT2D eigenvalue weighted by molar-refractivity contribution is 9.10. The number of hydrogen-bond donors (Lipinski definition) is 2. The maximum Gasteiger partial charge on any atom is 0.325 e. The summed E-state index contributed by atoms with van der Waals surface area (Å²) in [6.07, 6.45) is 0.434. The van der Waals surface area contributed by atoms with Crippen molar-refractivity contribution in [2.24, 2.45) is 0 Å². The summed E-state index contributed by atoms with van der Waals surface area (Å²) in [5, 5.41) is 9.00. The van der Waals surface area contributed by atoms with Crippen molar-refractivity contribution < 1.29 is 18.3 Å². The lowest BCUT2D eigenvalue weighted by atomic mass is 10.1. The van der Waals surface area contributed by atoms with Gasteiger partial charge in [-0.05, 0) is 18.1 Å². The van der Waals surface area contributed by atoms with Crippen LogP contribution in [0.2, 0.25) is 0 Å². The third-order valence-electron chi connectivity index (χ3n) is 3.76. The van der Waals surface area contributed by atoms with Gasteiger partial charge in [-0.3, -0.25) is 9.69 Å². The molecule has 0 aliphatic carbocycles. The normalized spacial score (nSPS) is 20.9. The second-order valence-electron chi connectivity index (χ2n) is 5.21. The van der Waals surface area contributed by atoms with Gasteiger partial charge < -0.3 is 5.11 Å². The maximum atomic E-state index is 12.1. The van der Waals surface area contributed by atoms with E-state index >= 15 is 0 Å². The summed E-state index contributed by atoms with van der Waals surface area (Å²) in [5.74, 6) is -0.978. The number of sulfonamides is 1. The van der Waals surface area contributed by atoms with E-state index in [9.17, 15) is 18.3 Å². The molecule has 0 aromatic heterocycles. The van der Waals surface area contributed by atoms with Crippen LogP contribution in [-0.2, 0) is 14.8 Å². The Hall–Kier alpha value is -0.960. The van der Waals surface area contributed by atoms with E-state index < -0.39 is 27.3 Å². The molecule has 1 aliphatic heterocycles. The number of rotatable bonds is 6. The van der Waals surface area contributed by atoms with Gasteiger partial charge >= 0.3 is 5.97 Å². The minimum atomic E-state index is -3.39. The molecule has 22 heavy (non-hydrogen) atoms. The van der Waals surface area contributed by atoms with Gasteiger partial charge in [-0.1, -0.05) is 41.1 Å². The smallest absolute Gasteiger partial charge is 0.325 e. The first-order valence-corrected chi connectivity index (χ1v) is 9.40. The van der Waals surface area contributed by atoms with E-state index in [0.717, 1.165) is 0 Å². The lowest BCUT2D eigenvalue weighted by Crippen LogP contribution is -2.38. The summed E-state index contributed by atoms with van der Waals surface area (Å²) < 4.78 is 27.4. The van der Waals surface area contributed by atoms with Crippen molar-refractivity contribution in [1.82, 2.24) is 9.62 Å². The van der Waals surface area contributed by atoms with Crippen molar-refractivity contribution >= 4 is 31.9 Å². The van der Waals surface area contributed by atoms with Crippen LogP contribution in [0.1, 0.15) is 24.9 Å². The second-order valence-corrected chi connectivity index (χ2v) is 8.11. The quantitative estimate of drug-likeness (QED) is 0.769. The van der Waals surface area contributed by atoms with Crippen LogP contribution in [0, 0.1) is 0 Å². The summed E-state index contributed by atoms with van der Waals surface area (Å²) in [6, 6.07) is 6.27. The molecule has 0 amide bonds. The predicted octanol–water partition coefficient (Wildman–Crippen LogP) is 1.59. The molecule has 122 valence electrons. The van der Waals surface area contributed by atoms with Crippen molar-refractivity contribution in [1.29, 1.82) is 0 Å². The Morgan fingerprint density at radius 3 is 2.77 bits per heavy atom. The van der Waals surface area contributed by atoms with E-state index in [-0.39, 0.29) is 6.54 Å². The van der Waals surface area contributed by atoms with Gasteiger partial charge in [-0.15, -0.1) is 0 Å². The zero-order valence-corrected chi connectivity index (χ0v) is 14.6. The number of benzene rings is 1. The SMILES string of the molecule is CCNS(=O)(=O)C1CCN(C(C(=O)O)c2ccccc2Br)C1. The van der Waals surface area contributed by atoms with Crippen molar-refractivity contribution in [3.8, 4) is 0 Å². The van der Waals surface area contributed by atoms with Gasteiger partial charge in [0.25, 0.3) is 0 Å². The molecule has 2 unspecified atom stereocenters. The van der Waals surface area contributed by atoms with Gasteiger partial charge in [0.05, 0.1) is 5.25 Å². The molecule has 1 fully saturated rings. The van der Waals surface area contributed by atoms with Crippen LogP contribution in [0.25, 0.3) is 0 Å². The van der Waals surface area contributed by atoms with Crippen molar-refractivity contribution in [2.45, 2.75) is 24.6 Å². The molecule has 1 aromatic carbocycles. The van der Waals surface area contributed by atoms with Crippen LogP contribution < -0.4 is 4.72 Å². The fraction of sp³-hybridized carbons (Fsp3) is 0.500. The van der Waals surface area contributed by atoms with Crippen molar-refractivity contribution in [3.63, 3.8) is 0 Å². The van der Waals surface area contributed by atoms with E-state index in [1.807, 2.05) is 6.07 Å². The lowest BCUT2D eigenvalue weighted by Gasteiger charge is -2.25. The first-order valence-electron chi connectivity index (χ1n) is 7.06. The standard InChI is InChI=1S/C14H19BrN2O4S/c1-2-16-22(20,21)10-7-8-17(9-10)13(14(18)19)11-5-3-4-6-12(11)15/h3-6,10,13,16H,2,7-9H2,1H3,(H,18,19). The topological polar surface area (TPSA) is 86.7 Å². The molecule has 2 N–H and O–H groups in total. The van der Waals surface area contributed by atoms with Gasteiger partial charge in [-0.2, -0.15) is 0 Å². The molecule has 0 spiro atoms. The maximum absolute atomic E-state index is 12.1. The number of nitrogens with one attached hydrogen (secondary N) is 1. The molecule has 8 heteroatoms. The number of aliphatic carboxylic acids is 1. The fourth-order valence-electron chi connectivity index (χ4n) is 2.74. The van der Waals surface area contributed by atoms with E-state index in [1.54, 1.807) is 30.0 Å². The fourth-order valence-corrected chi connectivity index (χ4v) is 4.69. The van der Waals surface area contributed by atoms with Crippen LogP contribution in [0.15, 0.2) is 28.7 Å². The van der Waals surface area contributed by atoms with Gasteiger partial charge in [0.15, 0.2) is 0 Å². The zero-order chi connectivity index (χ0) is 16.3. The molecular weight excluding hydrogens is 372 g/mol. The third-order valence-corrected chi connectivity index (χ3v) is 6.44. The Labute approximate surface area is 138 Å². The average Bonchev–Trinajstić information content (AvgIpc) is 2.91. The van der Waals surface area contributed by atoms with Crippen LogP contribution in [0.5, 0.6) is 0 Å². The Balaban J connectivity index is 2.23. The Bertz CT molecular complexity index is 650. The van der Waals surface area contributed by atoms with Crippen molar-refractivity contribution in [3.05, 3.63) is 34.3 Å². The summed E-state index contributed by atoms with van der Waals surface area (Å²) in [5.41, 5.74) is 0.636. The van der Waals surface area contributed by atoms with Gasteiger partial charge in [0, 0.05) is 24.1 Å². The van der Waals surface area contributed by atoms with Crippen molar-refractivity contribution in [2.75, 3.05) is 19.6 Å². The highest BCUT2D eigenvalue weighted by Gasteiger charge is 2.39. The van der Waals surface area contributed by atoms with Gasteiger partial charge in [0.2, 0.25) is 10.0 Å². The number of hydrogen-bond acceptors (Lipinski definition) is 4. The molecule has 1 aromatic rings. The Morgan fingerprint density at radius 2 is 2.18 bits per heavy atom. The first kappa shape index (κ1) is 17.4. The Kier molecular flexibility index (Phi) is 5.60. The van der Waals surface area contributed by atoms with E-state index in [4.69, 9.17) is 0 Å². The summed E-state index contributed by atoms with van der Waals surface area (Å²) >= 11 is 3.37. The molecule has 0 radical (unpaired) electrons. The molecule has 1 saturated heterocycles. The van der Waals surface area contributed by atoms with E-state index in [1.165, 1.54) is 0 Å². The number of likely N-dealkylation sites (tertiary alicyclic amines) is 1. The van der Waals surface area contributed by atoms with E-state index in [2.05, 4.69) is 20.7 Å². The summed E-state index contributed by atoms with van der Waals surface area (Å²) in [4.78, 5) is 13.4. The number of carbonyl (C=O) groups is 1. The highest BCUT2D eigenvalue weighted by Crippen LogP contribution is 2.31. The third kappa shape index (κ3) is 3.68. The molecule has 0 bridgehead atoms.